The van der Waals surface area contributed by atoms with Gasteiger partial charge in [0.25, 0.3) is 5.91 Å². The zero-order valence-corrected chi connectivity index (χ0v) is 15.9. The van der Waals surface area contributed by atoms with Gasteiger partial charge in [0.1, 0.15) is 5.82 Å². The molecule has 2 aromatic carbocycles. The Morgan fingerprint density at radius 2 is 1.81 bits per heavy atom. The molecule has 0 radical (unpaired) electrons. The molecular weight excluding hydrogens is 362 g/mol. The third-order valence-electron chi connectivity index (χ3n) is 4.64. The third kappa shape index (κ3) is 3.26. The lowest BCUT2D eigenvalue weighted by atomic mass is 10.1. The molecule has 0 spiro atoms. The Bertz CT molecular complexity index is 1150. The molecule has 1 amide bonds. The van der Waals surface area contributed by atoms with Gasteiger partial charge in [0, 0.05) is 11.1 Å². The van der Waals surface area contributed by atoms with Gasteiger partial charge in [-0.2, -0.15) is 5.10 Å². The average molecular weight is 381 g/mol. The van der Waals surface area contributed by atoms with Crippen molar-refractivity contribution < 1.29 is 13.2 Å². The van der Waals surface area contributed by atoms with E-state index in [2.05, 4.69) is 10.4 Å². The van der Waals surface area contributed by atoms with E-state index in [1.54, 1.807) is 28.9 Å². The van der Waals surface area contributed by atoms with Crippen LogP contribution in [0.25, 0.3) is 5.69 Å². The van der Waals surface area contributed by atoms with E-state index in [-0.39, 0.29) is 17.4 Å². The van der Waals surface area contributed by atoms with E-state index in [1.165, 1.54) is 0 Å². The van der Waals surface area contributed by atoms with Crippen molar-refractivity contribution in [3.63, 3.8) is 0 Å². The molecule has 4 rings (SSSR count). The number of aryl methyl sites for hydroxylation is 2. The van der Waals surface area contributed by atoms with Crippen LogP contribution in [-0.2, 0) is 21.3 Å². The Labute approximate surface area is 157 Å². The molecule has 0 saturated carbocycles. The zero-order chi connectivity index (χ0) is 19.2. The molecule has 0 unspecified atom stereocenters. The fourth-order valence-electron chi connectivity index (χ4n) is 3.36. The first-order valence-corrected chi connectivity index (χ1v) is 10.4. The molecule has 2 heterocycles. The van der Waals surface area contributed by atoms with Gasteiger partial charge >= 0.3 is 0 Å². The van der Waals surface area contributed by atoms with E-state index in [1.807, 2.05) is 38.1 Å². The smallest absolute Gasteiger partial charge is 0.256 e. The maximum atomic E-state index is 12.7. The fraction of sp³-hybridized carbons (Fsp3) is 0.200. The number of carbonyl (C=O) groups excluding carboxylic acids is 1. The average Bonchev–Trinajstić information content (AvgIpc) is 3.08. The van der Waals surface area contributed by atoms with Crippen LogP contribution in [0.5, 0.6) is 0 Å². The predicted octanol–water partition coefficient (Wildman–Crippen LogP) is 3.17. The van der Waals surface area contributed by atoms with Crippen molar-refractivity contribution in [1.29, 1.82) is 0 Å². The van der Waals surface area contributed by atoms with Crippen LogP contribution in [0.15, 0.2) is 48.5 Å². The summed E-state index contributed by atoms with van der Waals surface area (Å²) in [4.78, 5) is 12.7. The lowest BCUT2D eigenvalue weighted by Gasteiger charge is -2.13. The van der Waals surface area contributed by atoms with E-state index < -0.39 is 9.84 Å². The van der Waals surface area contributed by atoms with Gasteiger partial charge in [0.15, 0.2) is 9.84 Å². The summed E-state index contributed by atoms with van der Waals surface area (Å²) >= 11 is 0. The van der Waals surface area contributed by atoms with E-state index in [9.17, 15) is 13.2 Å². The fourth-order valence-corrected chi connectivity index (χ4v) is 4.85. The maximum absolute atomic E-state index is 12.7. The number of hydrogen-bond acceptors (Lipinski definition) is 4. The number of hydrogen-bond donors (Lipinski definition) is 1. The number of anilines is 1. The molecule has 7 heteroatoms. The second-order valence-electron chi connectivity index (χ2n) is 6.83. The van der Waals surface area contributed by atoms with Gasteiger partial charge in [-0.3, -0.25) is 4.79 Å². The molecule has 0 bridgehead atoms. The Balaban J connectivity index is 1.82. The molecule has 1 aromatic heterocycles. The van der Waals surface area contributed by atoms with Crippen molar-refractivity contribution in [1.82, 2.24) is 9.78 Å². The largest absolute Gasteiger partial charge is 0.306 e. The number of sulfone groups is 1. The minimum atomic E-state index is -3.23. The number of fused-ring (bicyclic) bond motifs is 1. The molecular formula is C20H19N3O3S. The van der Waals surface area contributed by atoms with Crippen molar-refractivity contribution in [3.8, 4) is 5.69 Å². The standard InChI is InChI=1S/C20H19N3O3S/c1-13-8-9-18(14(2)10-13)23-19(16-11-27(25,26)12-17(16)22-23)21-20(24)15-6-4-3-5-7-15/h3-10H,11-12H2,1-2H3,(H,21,24). The van der Waals surface area contributed by atoms with Gasteiger partial charge in [-0.05, 0) is 37.6 Å². The number of nitrogens with one attached hydrogen (secondary N) is 1. The topological polar surface area (TPSA) is 81.1 Å². The molecule has 0 aliphatic carbocycles. The van der Waals surface area contributed by atoms with E-state index in [0.29, 0.717) is 22.6 Å². The number of rotatable bonds is 3. The Kier molecular flexibility index (Phi) is 4.11. The molecule has 0 atom stereocenters. The predicted molar refractivity (Wildman–Crippen MR) is 104 cm³/mol. The van der Waals surface area contributed by atoms with Crippen LogP contribution < -0.4 is 5.32 Å². The van der Waals surface area contributed by atoms with Crippen molar-refractivity contribution >= 4 is 21.6 Å². The molecule has 6 nitrogen and oxygen atoms in total. The Hall–Kier alpha value is -2.93. The van der Waals surface area contributed by atoms with Crippen LogP contribution in [0, 0.1) is 13.8 Å². The molecule has 1 aliphatic heterocycles. The summed E-state index contributed by atoms with van der Waals surface area (Å²) in [5.74, 6) is -0.0907. The van der Waals surface area contributed by atoms with Gasteiger partial charge in [-0.15, -0.1) is 0 Å². The second-order valence-corrected chi connectivity index (χ2v) is 8.89. The highest BCUT2D eigenvalue weighted by molar-refractivity contribution is 7.90. The summed E-state index contributed by atoms with van der Waals surface area (Å²) in [6.07, 6.45) is 0. The summed E-state index contributed by atoms with van der Waals surface area (Å²) in [6.45, 7) is 3.97. The first-order chi connectivity index (χ1) is 12.8. The van der Waals surface area contributed by atoms with Gasteiger partial charge in [-0.1, -0.05) is 35.9 Å². The van der Waals surface area contributed by atoms with E-state index in [0.717, 1.165) is 16.8 Å². The van der Waals surface area contributed by atoms with Crippen LogP contribution in [0.3, 0.4) is 0 Å². The molecule has 3 aromatic rings. The molecule has 1 aliphatic rings. The highest BCUT2D eigenvalue weighted by Gasteiger charge is 2.33. The zero-order valence-electron chi connectivity index (χ0n) is 15.1. The highest BCUT2D eigenvalue weighted by atomic mass is 32.2. The molecule has 138 valence electrons. The van der Waals surface area contributed by atoms with Crippen molar-refractivity contribution in [3.05, 3.63) is 76.5 Å². The van der Waals surface area contributed by atoms with Crippen LogP contribution in [0.4, 0.5) is 5.82 Å². The molecule has 27 heavy (non-hydrogen) atoms. The van der Waals surface area contributed by atoms with Gasteiger partial charge < -0.3 is 5.32 Å². The maximum Gasteiger partial charge on any atom is 0.256 e. The number of aromatic nitrogens is 2. The van der Waals surface area contributed by atoms with E-state index >= 15 is 0 Å². The summed E-state index contributed by atoms with van der Waals surface area (Å²) in [5.41, 5.74) is 4.50. The lowest BCUT2D eigenvalue weighted by molar-refractivity contribution is 0.102. The Morgan fingerprint density at radius 1 is 1.07 bits per heavy atom. The minimum absolute atomic E-state index is 0.103. The highest BCUT2D eigenvalue weighted by Crippen LogP contribution is 2.34. The summed E-state index contributed by atoms with van der Waals surface area (Å²) in [7, 11) is -3.23. The third-order valence-corrected chi connectivity index (χ3v) is 6.08. The summed E-state index contributed by atoms with van der Waals surface area (Å²) in [5, 5.41) is 7.40. The quantitative estimate of drug-likeness (QED) is 0.756. The van der Waals surface area contributed by atoms with E-state index in [4.69, 9.17) is 0 Å². The van der Waals surface area contributed by atoms with Crippen LogP contribution in [-0.4, -0.2) is 24.1 Å². The molecule has 1 N–H and O–H groups in total. The molecule has 0 saturated heterocycles. The molecule has 0 fully saturated rings. The van der Waals surface area contributed by atoms with Crippen LogP contribution in [0.1, 0.15) is 32.7 Å². The van der Waals surface area contributed by atoms with Gasteiger partial charge in [0.2, 0.25) is 0 Å². The lowest BCUT2D eigenvalue weighted by Crippen LogP contribution is -2.17. The van der Waals surface area contributed by atoms with Crippen LogP contribution >= 0.6 is 0 Å². The number of benzene rings is 2. The Morgan fingerprint density at radius 3 is 2.52 bits per heavy atom. The number of amides is 1. The minimum Gasteiger partial charge on any atom is -0.306 e. The number of nitrogens with zero attached hydrogens (tertiary/aromatic N) is 2. The summed E-state index contributed by atoms with van der Waals surface area (Å²) < 4.78 is 25.8. The van der Waals surface area contributed by atoms with Crippen LogP contribution in [0.2, 0.25) is 0 Å². The first kappa shape index (κ1) is 17.5. The monoisotopic (exact) mass is 381 g/mol. The normalized spacial score (nSPS) is 14.7. The first-order valence-electron chi connectivity index (χ1n) is 8.59. The number of carbonyl (C=O) groups is 1. The SMILES string of the molecule is Cc1ccc(-n2nc3c(c2NC(=O)c2ccccc2)CS(=O)(=O)C3)c(C)c1. The van der Waals surface area contributed by atoms with Crippen molar-refractivity contribution in [2.24, 2.45) is 0 Å². The van der Waals surface area contributed by atoms with Crippen molar-refractivity contribution in [2.75, 3.05) is 5.32 Å². The summed E-state index contributed by atoms with van der Waals surface area (Å²) in [6, 6.07) is 14.8. The second kappa shape index (κ2) is 6.35. The van der Waals surface area contributed by atoms with Gasteiger partial charge in [-0.25, -0.2) is 13.1 Å². The van der Waals surface area contributed by atoms with Crippen molar-refractivity contribution in [2.45, 2.75) is 25.4 Å². The van der Waals surface area contributed by atoms with Gasteiger partial charge in [0.05, 0.1) is 22.9 Å².